The molecular weight excluding hydrogens is 300 g/mol. The Balaban J connectivity index is 0.000000207. The Bertz CT molecular complexity index is 652. The lowest BCUT2D eigenvalue weighted by atomic mass is 9.91. The molecule has 0 aliphatic carbocycles. The molecule has 120 valence electrons. The van der Waals surface area contributed by atoms with Gasteiger partial charge in [0.05, 0.1) is 17.4 Å². The zero-order valence-corrected chi connectivity index (χ0v) is 12.2. The number of aliphatic carboxylic acids is 2. The standard InChI is InChI=1S/C11H12N4.C4H4O4/c12-2-8-1-10(5-13-3-8)15-7-9-4-14-6-11(9)15;5-3(6)1-2-4(7)8/h1,3,5,9,11,14H,4,6-7H2;1-2H,(H,5,6)(H,7,8)/t9-,11-;/m0./s1. The van der Waals surface area contributed by atoms with Crippen molar-refractivity contribution >= 4 is 17.6 Å². The maximum Gasteiger partial charge on any atom is 0.328 e. The molecule has 3 rings (SSSR count). The summed E-state index contributed by atoms with van der Waals surface area (Å²) in [6, 6.07) is 4.66. The Morgan fingerprint density at radius 3 is 2.57 bits per heavy atom. The molecular formula is C15H16N4O4. The number of hydrogen-bond donors (Lipinski definition) is 3. The van der Waals surface area contributed by atoms with E-state index in [1.165, 1.54) is 0 Å². The third-order valence-electron chi connectivity index (χ3n) is 3.69. The summed E-state index contributed by atoms with van der Waals surface area (Å²) in [5.74, 6) is -1.73. The van der Waals surface area contributed by atoms with Crippen LogP contribution in [0.5, 0.6) is 0 Å². The number of carboxylic acid groups (broad SMARTS) is 2. The predicted octanol–water partition coefficient (Wildman–Crippen LogP) is 0.0731. The Hall–Kier alpha value is -2.92. The van der Waals surface area contributed by atoms with Crippen LogP contribution in [-0.4, -0.2) is 52.8 Å². The largest absolute Gasteiger partial charge is 0.478 e. The summed E-state index contributed by atoms with van der Waals surface area (Å²) in [5.41, 5.74) is 1.72. The van der Waals surface area contributed by atoms with E-state index in [0.29, 0.717) is 23.8 Å². The van der Waals surface area contributed by atoms with Crippen molar-refractivity contribution in [3.63, 3.8) is 0 Å². The first-order valence-electron chi connectivity index (χ1n) is 6.97. The normalized spacial score (nSPS) is 21.6. The maximum absolute atomic E-state index is 9.55. The highest BCUT2D eigenvalue weighted by molar-refractivity contribution is 5.89. The quantitative estimate of drug-likeness (QED) is 0.669. The summed E-state index contributed by atoms with van der Waals surface area (Å²) in [6.45, 7) is 3.28. The zero-order valence-electron chi connectivity index (χ0n) is 12.2. The fourth-order valence-corrected chi connectivity index (χ4v) is 2.61. The van der Waals surface area contributed by atoms with E-state index in [4.69, 9.17) is 15.5 Å². The van der Waals surface area contributed by atoms with Gasteiger partial charge in [0.2, 0.25) is 0 Å². The topological polar surface area (TPSA) is 127 Å². The third kappa shape index (κ3) is 4.28. The Morgan fingerprint density at radius 1 is 1.30 bits per heavy atom. The second-order valence-corrected chi connectivity index (χ2v) is 5.19. The van der Waals surface area contributed by atoms with Crippen LogP contribution in [0, 0.1) is 17.2 Å². The van der Waals surface area contributed by atoms with Crippen LogP contribution in [-0.2, 0) is 9.59 Å². The molecule has 0 bridgehead atoms. The first-order valence-corrected chi connectivity index (χ1v) is 6.97. The van der Waals surface area contributed by atoms with Crippen LogP contribution in [0.15, 0.2) is 30.6 Å². The molecule has 0 spiro atoms. The van der Waals surface area contributed by atoms with Gasteiger partial charge in [-0.05, 0) is 6.07 Å². The number of nitrogens with zero attached hydrogens (tertiary/aromatic N) is 3. The fraction of sp³-hybridized carbons (Fsp3) is 0.333. The zero-order chi connectivity index (χ0) is 16.8. The summed E-state index contributed by atoms with van der Waals surface area (Å²) in [6.07, 6.45) is 4.56. The van der Waals surface area contributed by atoms with Gasteiger partial charge in [-0.15, -0.1) is 0 Å². The molecule has 0 radical (unpaired) electrons. The first kappa shape index (κ1) is 16.5. The van der Waals surface area contributed by atoms with Gasteiger partial charge in [-0.25, -0.2) is 9.59 Å². The van der Waals surface area contributed by atoms with Crippen molar-refractivity contribution in [2.24, 2.45) is 5.92 Å². The molecule has 23 heavy (non-hydrogen) atoms. The van der Waals surface area contributed by atoms with Crippen LogP contribution in [0.2, 0.25) is 0 Å². The van der Waals surface area contributed by atoms with Crippen LogP contribution in [0.1, 0.15) is 5.56 Å². The maximum atomic E-state index is 9.55. The van der Waals surface area contributed by atoms with Gasteiger partial charge >= 0.3 is 11.9 Å². The summed E-state index contributed by atoms with van der Waals surface area (Å²) < 4.78 is 0. The van der Waals surface area contributed by atoms with Crippen molar-refractivity contribution in [1.82, 2.24) is 10.3 Å². The molecule has 1 aromatic rings. The number of carbonyl (C=O) groups is 2. The molecule has 1 aromatic heterocycles. The van der Waals surface area contributed by atoms with E-state index in [2.05, 4.69) is 21.3 Å². The minimum Gasteiger partial charge on any atom is -0.478 e. The number of carboxylic acids is 2. The third-order valence-corrected chi connectivity index (χ3v) is 3.69. The number of hydrogen-bond acceptors (Lipinski definition) is 6. The van der Waals surface area contributed by atoms with Crippen LogP contribution < -0.4 is 10.2 Å². The second-order valence-electron chi connectivity index (χ2n) is 5.19. The summed E-state index contributed by atoms with van der Waals surface area (Å²) in [7, 11) is 0. The summed E-state index contributed by atoms with van der Waals surface area (Å²) in [5, 5.41) is 27.8. The van der Waals surface area contributed by atoms with E-state index >= 15 is 0 Å². The SMILES string of the molecule is N#Cc1cncc(N2C[C@@H]3CNC[C@@H]32)c1.O=C(O)C=CC(=O)O. The second kappa shape index (κ2) is 7.38. The van der Waals surface area contributed by atoms with Crippen molar-refractivity contribution in [1.29, 1.82) is 5.26 Å². The summed E-state index contributed by atoms with van der Waals surface area (Å²) in [4.78, 5) is 25.5. The fourth-order valence-electron chi connectivity index (χ4n) is 2.61. The molecule has 3 N–H and O–H groups in total. The van der Waals surface area contributed by atoms with E-state index in [0.717, 1.165) is 31.2 Å². The highest BCUT2D eigenvalue weighted by Gasteiger charge is 2.42. The molecule has 0 saturated carbocycles. The minimum absolute atomic E-state index is 0.558. The van der Waals surface area contributed by atoms with Gasteiger partial charge in [-0.2, -0.15) is 5.26 Å². The molecule has 2 aliphatic heterocycles. The smallest absolute Gasteiger partial charge is 0.328 e. The average Bonchev–Trinajstić information content (AvgIpc) is 2.87. The number of nitrogens with one attached hydrogen (secondary N) is 1. The summed E-state index contributed by atoms with van der Waals surface area (Å²) >= 11 is 0. The molecule has 0 unspecified atom stereocenters. The molecule has 0 amide bonds. The van der Waals surface area contributed by atoms with Crippen molar-refractivity contribution in [2.45, 2.75) is 6.04 Å². The minimum atomic E-state index is -1.26. The van der Waals surface area contributed by atoms with Crippen molar-refractivity contribution in [3.05, 3.63) is 36.2 Å². The lowest BCUT2D eigenvalue weighted by molar-refractivity contribution is -0.134. The number of rotatable bonds is 3. The molecule has 8 nitrogen and oxygen atoms in total. The van der Waals surface area contributed by atoms with E-state index in [1.807, 2.05) is 12.3 Å². The monoisotopic (exact) mass is 316 g/mol. The van der Waals surface area contributed by atoms with Crippen LogP contribution in [0.25, 0.3) is 0 Å². The number of nitriles is 1. The lowest BCUT2D eigenvalue weighted by Gasteiger charge is -2.45. The molecule has 2 saturated heterocycles. The Morgan fingerprint density at radius 2 is 2.00 bits per heavy atom. The molecule has 0 aromatic carbocycles. The molecule has 2 fully saturated rings. The lowest BCUT2D eigenvalue weighted by Crippen LogP contribution is -2.55. The van der Waals surface area contributed by atoms with E-state index < -0.39 is 11.9 Å². The van der Waals surface area contributed by atoms with Gasteiger partial charge in [0, 0.05) is 49.9 Å². The molecule has 2 aliphatic rings. The average molecular weight is 316 g/mol. The van der Waals surface area contributed by atoms with Gasteiger partial charge in [0.15, 0.2) is 0 Å². The number of anilines is 1. The molecule has 3 heterocycles. The van der Waals surface area contributed by atoms with Gasteiger partial charge < -0.3 is 20.4 Å². The predicted molar refractivity (Wildman–Crippen MR) is 80.9 cm³/mol. The van der Waals surface area contributed by atoms with E-state index in [-0.39, 0.29) is 0 Å². The Labute approximate surface area is 132 Å². The number of pyridine rings is 1. The van der Waals surface area contributed by atoms with Crippen molar-refractivity contribution in [3.8, 4) is 6.07 Å². The first-order chi connectivity index (χ1) is 11.0. The van der Waals surface area contributed by atoms with Gasteiger partial charge in [0.25, 0.3) is 0 Å². The number of aromatic nitrogens is 1. The van der Waals surface area contributed by atoms with Gasteiger partial charge in [0.1, 0.15) is 6.07 Å². The molecule has 8 heteroatoms. The van der Waals surface area contributed by atoms with Gasteiger partial charge in [-0.3, -0.25) is 4.98 Å². The van der Waals surface area contributed by atoms with Crippen molar-refractivity contribution in [2.75, 3.05) is 24.5 Å². The van der Waals surface area contributed by atoms with E-state index in [1.54, 1.807) is 6.20 Å². The van der Waals surface area contributed by atoms with Gasteiger partial charge in [-0.1, -0.05) is 0 Å². The molecule has 2 atom stereocenters. The highest BCUT2D eigenvalue weighted by atomic mass is 16.4. The van der Waals surface area contributed by atoms with Crippen LogP contribution in [0.4, 0.5) is 5.69 Å². The highest BCUT2D eigenvalue weighted by Crippen LogP contribution is 2.32. The van der Waals surface area contributed by atoms with Crippen molar-refractivity contribution < 1.29 is 19.8 Å². The van der Waals surface area contributed by atoms with Crippen LogP contribution >= 0.6 is 0 Å². The Kier molecular flexibility index (Phi) is 5.28. The van der Waals surface area contributed by atoms with E-state index in [9.17, 15) is 9.59 Å². The number of fused-ring (bicyclic) bond motifs is 1. The van der Waals surface area contributed by atoms with Crippen LogP contribution in [0.3, 0.4) is 0 Å².